The molecule has 0 unspecified atom stereocenters. The molecule has 1 aliphatic rings. The summed E-state index contributed by atoms with van der Waals surface area (Å²) < 4.78 is 10.2. The minimum atomic E-state index is -0.536. The van der Waals surface area contributed by atoms with Crippen molar-refractivity contribution in [1.82, 2.24) is 0 Å². The highest BCUT2D eigenvalue weighted by molar-refractivity contribution is 6.34. The number of hydrogen-bond acceptors (Lipinski definition) is 4. The number of hydrogen-bond donors (Lipinski definition) is 1. The van der Waals surface area contributed by atoms with Crippen molar-refractivity contribution in [1.29, 1.82) is 0 Å². The fourth-order valence-corrected chi connectivity index (χ4v) is 3.33. The van der Waals surface area contributed by atoms with Gasteiger partial charge in [-0.2, -0.15) is 0 Å². The number of aryl methyl sites for hydroxylation is 1. The van der Waals surface area contributed by atoms with Gasteiger partial charge in [-0.1, -0.05) is 37.3 Å². The second-order valence-electron chi connectivity index (χ2n) is 5.69. The van der Waals surface area contributed by atoms with Crippen molar-refractivity contribution in [2.24, 2.45) is 5.92 Å². The first-order valence-corrected chi connectivity index (χ1v) is 8.21. The molecule has 0 aliphatic heterocycles. The molecule has 5 heteroatoms. The SMILES string of the molecule is CCOC(=O)c1c(CCC2CCCC2)cc(OC)c(Cl)c1O. The normalized spacial score (nSPS) is 15.0. The molecule has 0 radical (unpaired) electrons. The van der Waals surface area contributed by atoms with E-state index in [2.05, 4.69) is 0 Å². The fraction of sp³-hybridized carbons (Fsp3) is 0.588. The van der Waals surface area contributed by atoms with Crippen LogP contribution in [0.15, 0.2) is 6.07 Å². The van der Waals surface area contributed by atoms with Crippen molar-refractivity contribution in [3.63, 3.8) is 0 Å². The average molecular weight is 327 g/mol. The number of benzene rings is 1. The zero-order chi connectivity index (χ0) is 16.1. The highest BCUT2D eigenvalue weighted by atomic mass is 35.5. The summed E-state index contributed by atoms with van der Waals surface area (Å²) in [6.45, 7) is 1.99. The molecule has 0 aromatic heterocycles. The number of rotatable bonds is 6. The summed E-state index contributed by atoms with van der Waals surface area (Å²) in [5.74, 6) is 0.291. The molecule has 122 valence electrons. The van der Waals surface area contributed by atoms with Crippen LogP contribution in [0.5, 0.6) is 11.5 Å². The van der Waals surface area contributed by atoms with Gasteiger partial charge in [0, 0.05) is 0 Å². The molecule has 1 N–H and O–H groups in total. The molecule has 0 bridgehead atoms. The maximum absolute atomic E-state index is 12.2. The molecule has 0 amide bonds. The van der Waals surface area contributed by atoms with Crippen LogP contribution in [-0.2, 0) is 11.2 Å². The minimum absolute atomic E-state index is 0.0511. The standard InChI is InChI=1S/C17H23ClO4/c1-3-22-17(20)14-12(9-8-11-6-4-5-7-11)10-13(21-2)15(18)16(14)19/h10-11,19H,3-9H2,1-2H3. The molecule has 1 aliphatic carbocycles. The third-order valence-corrected chi connectivity index (χ3v) is 4.65. The number of methoxy groups -OCH3 is 1. The van der Waals surface area contributed by atoms with Gasteiger partial charge in [0.1, 0.15) is 16.3 Å². The topological polar surface area (TPSA) is 55.8 Å². The third kappa shape index (κ3) is 3.67. The Morgan fingerprint density at radius 1 is 1.41 bits per heavy atom. The molecule has 0 saturated heterocycles. The zero-order valence-corrected chi connectivity index (χ0v) is 13.9. The van der Waals surface area contributed by atoms with E-state index in [9.17, 15) is 9.90 Å². The summed E-state index contributed by atoms with van der Waals surface area (Å²) in [6.07, 6.45) is 6.75. The largest absolute Gasteiger partial charge is 0.505 e. The van der Waals surface area contributed by atoms with Crippen LogP contribution in [0.2, 0.25) is 5.02 Å². The lowest BCUT2D eigenvalue weighted by molar-refractivity contribution is 0.0521. The second-order valence-corrected chi connectivity index (χ2v) is 6.06. The Morgan fingerprint density at radius 2 is 2.09 bits per heavy atom. The summed E-state index contributed by atoms with van der Waals surface area (Å²) >= 11 is 6.06. The summed E-state index contributed by atoms with van der Waals surface area (Å²) in [7, 11) is 1.49. The highest BCUT2D eigenvalue weighted by Crippen LogP contribution is 2.40. The van der Waals surface area contributed by atoms with E-state index in [0.717, 1.165) is 12.0 Å². The summed E-state index contributed by atoms with van der Waals surface area (Å²) in [6, 6.07) is 1.74. The molecule has 1 aromatic carbocycles. The van der Waals surface area contributed by atoms with Gasteiger partial charge >= 0.3 is 5.97 Å². The lowest BCUT2D eigenvalue weighted by Gasteiger charge is -2.16. The Bertz CT molecular complexity index is 536. The number of ether oxygens (including phenoxy) is 2. The van der Waals surface area contributed by atoms with E-state index >= 15 is 0 Å². The van der Waals surface area contributed by atoms with Crippen molar-refractivity contribution >= 4 is 17.6 Å². The van der Waals surface area contributed by atoms with Gasteiger partial charge in [0.25, 0.3) is 0 Å². The van der Waals surface area contributed by atoms with E-state index in [-0.39, 0.29) is 22.9 Å². The highest BCUT2D eigenvalue weighted by Gasteiger charge is 2.24. The fourth-order valence-electron chi connectivity index (χ4n) is 3.11. The Hall–Kier alpha value is -1.42. The van der Waals surface area contributed by atoms with Crippen LogP contribution in [0.1, 0.15) is 54.9 Å². The van der Waals surface area contributed by atoms with Crippen molar-refractivity contribution in [2.75, 3.05) is 13.7 Å². The molecular formula is C17H23ClO4. The zero-order valence-electron chi connectivity index (χ0n) is 13.2. The van der Waals surface area contributed by atoms with Gasteiger partial charge in [-0.15, -0.1) is 0 Å². The van der Waals surface area contributed by atoms with Crippen molar-refractivity contribution in [3.05, 3.63) is 22.2 Å². The van der Waals surface area contributed by atoms with Gasteiger partial charge in [0.15, 0.2) is 5.75 Å². The predicted octanol–water partition coefficient (Wildman–Crippen LogP) is 4.35. The van der Waals surface area contributed by atoms with E-state index in [1.165, 1.54) is 32.8 Å². The third-order valence-electron chi connectivity index (χ3n) is 4.28. The minimum Gasteiger partial charge on any atom is -0.505 e. The number of carbonyl (C=O) groups excluding carboxylic acids is 1. The first-order chi connectivity index (χ1) is 10.6. The van der Waals surface area contributed by atoms with E-state index < -0.39 is 5.97 Å². The molecule has 22 heavy (non-hydrogen) atoms. The van der Waals surface area contributed by atoms with Gasteiger partial charge in [0.05, 0.1) is 13.7 Å². The maximum Gasteiger partial charge on any atom is 0.342 e. The van der Waals surface area contributed by atoms with E-state index in [1.54, 1.807) is 13.0 Å². The Morgan fingerprint density at radius 3 is 2.68 bits per heavy atom. The van der Waals surface area contributed by atoms with Crippen LogP contribution in [0.3, 0.4) is 0 Å². The molecule has 0 atom stereocenters. The van der Waals surface area contributed by atoms with Crippen molar-refractivity contribution in [3.8, 4) is 11.5 Å². The number of halogens is 1. The van der Waals surface area contributed by atoms with Gasteiger partial charge in [-0.05, 0) is 37.3 Å². The lowest BCUT2D eigenvalue weighted by Crippen LogP contribution is -2.10. The molecule has 0 heterocycles. The van der Waals surface area contributed by atoms with Crippen LogP contribution < -0.4 is 4.74 Å². The van der Waals surface area contributed by atoms with Crippen LogP contribution in [0.25, 0.3) is 0 Å². The first-order valence-electron chi connectivity index (χ1n) is 7.83. The Balaban J connectivity index is 2.30. The van der Waals surface area contributed by atoms with Gasteiger partial charge in [0.2, 0.25) is 0 Å². The molecular weight excluding hydrogens is 304 g/mol. The molecule has 0 spiro atoms. The molecule has 1 fully saturated rings. The quantitative estimate of drug-likeness (QED) is 0.789. The lowest BCUT2D eigenvalue weighted by atomic mass is 9.94. The second kappa shape index (κ2) is 7.73. The van der Waals surface area contributed by atoms with Crippen LogP contribution in [0, 0.1) is 5.92 Å². The summed E-state index contributed by atoms with van der Waals surface area (Å²) in [5, 5.41) is 10.3. The number of esters is 1. The molecule has 4 nitrogen and oxygen atoms in total. The van der Waals surface area contributed by atoms with Gasteiger partial charge < -0.3 is 14.6 Å². The predicted molar refractivity (Wildman–Crippen MR) is 85.9 cm³/mol. The van der Waals surface area contributed by atoms with E-state index in [4.69, 9.17) is 21.1 Å². The van der Waals surface area contributed by atoms with E-state index in [0.29, 0.717) is 18.1 Å². The van der Waals surface area contributed by atoms with Crippen molar-refractivity contribution in [2.45, 2.75) is 45.4 Å². The number of aromatic hydroxyl groups is 1. The molecule has 1 aromatic rings. The maximum atomic E-state index is 12.2. The number of carbonyl (C=O) groups is 1. The van der Waals surface area contributed by atoms with E-state index in [1.807, 2.05) is 0 Å². The van der Waals surface area contributed by atoms with Gasteiger partial charge in [-0.3, -0.25) is 0 Å². The van der Waals surface area contributed by atoms with Crippen molar-refractivity contribution < 1.29 is 19.4 Å². The summed E-state index contributed by atoms with van der Waals surface area (Å²) in [5.41, 5.74) is 0.912. The summed E-state index contributed by atoms with van der Waals surface area (Å²) in [4.78, 5) is 12.2. The monoisotopic (exact) mass is 326 g/mol. The number of phenols is 1. The molecule has 2 rings (SSSR count). The number of phenolic OH excluding ortho intramolecular Hbond substituents is 1. The average Bonchev–Trinajstić information content (AvgIpc) is 3.01. The molecule has 1 saturated carbocycles. The van der Waals surface area contributed by atoms with Crippen LogP contribution >= 0.6 is 11.6 Å². The Labute approximate surface area is 136 Å². The van der Waals surface area contributed by atoms with Gasteiger partial charge in [-0.25, -0.2) is 4.79 Å². The Kier molecular flexibility index (Phi) is 5.95. The smallest absolute Gasteiger partial charge is 0.342 e. The van der Waals surface area contributed by atoms with Crippen LogP contribution in [0.4, 0.5) is 0 Å². The first kappa shape index (κ1) is 16.9. The van der Waals surface area contributed by atoms with Crippen LogP contribution in [-0.4, -0.2) is 24.8 Å².